The molecule has 2 N–H and O–H groups in total. The molecule has 39 heavy (non-hydrogen) atoms. The Morgan fingerprint density at radius 1 is 1.18 bits per heavy atom. The Hall–Kier alpha value is -4.44. The molecule has 8 nitrogen and oxygen atoms in total. The van der Waals surface area contributed by atoms with Gasteiger partial charge in [-0.25, -0.2) is 9.37 Å². The van der Waals surface area contributed by atoms with Gasteiger partial charge in [0.15, 0.2) is 16.6 Å². The standard InChI is InChI=1S/C29H23FN2O6S/c1-3-37-22-12-15(4-8-20(22)33)25-24(26(34)16-5-9-21-17(11-16)10-14(2)38-21)27(35)28(36)32(25)29-31-19-7-6-18(30)13-23(19)39-29/h4-9,11-14,25,33-34H,3,10H2,1-2H3. The number of phenols is 1. The number of carbonyl (C=O) groups excluding carboxylic acids is 2. The van der Waals surface area contributed by atoms with Crippen molar-refractivity contribution in [1.29, 1.82) is 0 Å². The molecule has 2 aliphatic heterocycles. The first-order valence-corrected chi connectivity index (χ1v) is 13.2. The second kappa shape index (κ2) is 9.39. The first-order chi connectivity index (χ1) is 18.7. The number of aliphatic hydroxyl groups excluding tert-OH is 1. The highest BCUT2D eigenvalue weighted by Gasteiger charge is 2.48. The maximum absolute atomic E-state index is 13.9. The molecule has 3 heterocycles. The van der Waals surface area contributed by atoms with Crippen molar-refractivity contribution in [1.82, 2.24) is 4.98 Å². The van der Waals surface area contributed by atoms with Crippen LogP contribution >= 0.6 is 11.3 Å². The number of thiazole rings is 1. The summed E-state index contributed by atoms with van der Waals surface area (Å²) in [6, 6.07) is 12.6. The molecule has 2 aliphatic rings. The average Bonchev–Trinajstić information content (AvgIpc) is 3.57. The Bertz CT molecular complexity index is 1700. The summed E-state index contributed by atoms with van der Waals surface area (Å²) in [6.07, 6.45) is 0.632. The minimum absolute atomic E-state index is 0.0131. The van der Waals surface area contributed by atoms with Gasteiger partial charge in [-0.15, -0.1) is 0 Å². The molecule has 198 valence electrons. The van der Waals surface area contributed by atoms with Gasteiger partial charge >= 0.3 is 5.91 Å². The van der Waals surface area contributed by atoms with Gasteiger partial charge in [0.1, 0.15) is 23.4 Å². The van der Waals surface area contributed by atoms with Gasteiger partial charge in [0, 0.05) is 12.0 Å². The number of hydrogen-bond donors (Lipinski definition) is 2. The lowest BCUT2D eigenvalue weighted by Gasteiger charge is -2.23. The van der Waals surface area contributed by atoms with Crippen LogP contribution in [0, 0.1) is 5.82 Å². The van der Waals surface area contributed by atoms with Gasteiger partial charge in [-0.2, -0.15) is 0 Å². The van der Waals surface area contributed by atoms with E-state index in [4.69, 9.17) is 9.47 Å². The number of carbonyl (C=O) groups is 2. The molecule has 2 atom stereocenters. The molecular formula is C29H23FN2O6S. The average molecular weight is 547 g/mol. The zero-order chi connectivity index (χ0) is 27.4. The zero-order valence-electron chi connectivity index (χ0n) is 21.0. The third kappa shape index (κ3) is 4.17. The van der Waals surface area contributed by atoms with Crippen LogP contribution in [0.3, 0.4) is 0 Å². The summed E-state index contributed by atoms with van der Waals surface area (Å²) in [5, 5.41) is 22.0. The van der Waals surface area contributed by atoms with E-state index in [2.05, 4.69) is 4.98 Å². The van der Waals surface area contributed by atoms with Crippen LogP contribution in [0.1, 0.15) is 36.6 Å². The molecule has 0 radical (unpaired) electrons. The third-order valence-corrected chi connectivity index (χ3v) is 7.78. The second-order valence-electron chi connectivity index (χ2n) is 9.39. The number of aliphatic hydroxyl groups is 1. The molecular weight excluding hydrogens is 523 g/mol. The van der Waals surface area contributed by atoms with E-state index in [1.807, 2.05) is 6.92 Å². The highest BCUT2D eigenvalue weighted by atomic mass is 32.1. The quantitative estimate of drug-likeness (QED) is 0.194. The van der Waals surface area contributed by atoms with Crippen molar-refractivity contribution >= 4 is 44.1 Å². The number of nitrogens with zero attached hydrogens (tertiary/aromatic N) is 2. The Kier molecular flexibility index (Phi) is 5.99. The number of Topliss-reactive ketones (excluding diaryl/α,β-unsaturated/α-hetero) is 1. The smallest absolute Gasteiger partial charge is 0.301 e. The lowest BCUT2D eigenvalue weighted by Crippen LogP contribution is -2.29. The molecule has 1 fully saturated rings. The van der Waals surface area contributed by atoms with Crippen molar-refractivity contribution in [2.24, 2.45) is 0 Å². The van der Waals surface area contributed by atoms with Crippen LogP contribution in [0.4, 0.5) is 9.52 Å². The molecule has 4 aromatic rings. The van der Waals surface area contributed by atoms with Crippen molar-refractivity contribution in [3.8, 4) is 17.2 Å². The Labute approximate surface area is 226 Å². The summed E-state index contributed by atoms with van der Waals surface area (Å²) in [4.78, 5) is 32.7. The largest absolute Gasteiger partial charge is 0.507 e. The molecule has 0 spiro atoms. The number of rotatable bonds is 5. The molecule has 1 saturated heterocycles. The topological polar surface area (TPSA) is 109 Å². The normalized spacial score (nSPS) is 19.9. The number of hydrogen-bond acceptors (Lipinski definition) is 8. The minimum atomic E-state index is -1.08. The number of benzene rings is 3. The van der Waals surface area contributed by atoms with Gasteiger partial charge in [-0.1, -0.05) is 17.4 Å². The van der Waals surface area contributed by atoms with Crippen LogP contribution in [-0.2, 0) is 16.0 Å². The lowest BCUT2D eigenvalue weighted by molar-refractivity contribution is -0.132. The van der Waals surface area contributed by atoms with Crippen LogP contribution in [0.5, 0.6) is 17.2 Å². The number of ether oxygens (including phenoxy) is 2. The van der Waals surface area contributed by atoms with E-state index in [0.717, 1.165) is 16.9 Å². The SMILES string of the molecule is CCOc1cc(C2C(=C(O)c3ccc4c(c3)CC(C)O4)C(=O)C(=O)N2c2nc3ccc(F)cc3s2)ccc1O. The zero-order valence-corrected chi connectivity index (χ0v) is 21.8. The molecule has 2 unspecified atom stereocenters. The highest BCUT2D eigenvalue weighted by molar-refractivity contribution is 7.22. The Morgan fingerprint density at radius 2 is 2.00 bits per heavy atom. The van der Waals surface area contributed by atoms with Gasteiger partial charge in [0.25, 0.3) is 5.78 Å². The molecule has 1 amide bonds. The van der Waals surface area contributed by atoms with Crippen molar-refractivity contribution in [2.75, 3.05) is 11.5 Å². The van der Waals surface area contributed by atoms with Gasteiger partial charge in [-0.3, -0.25) is 14.5 Å². The lowest BCUT2D eigenvalue weighted by atomic mass is 9.94. The molecule has 6 rings (SSSR count). The number of phenolic OH excluding ortho intramolecular Hbond substituents is 1. The van der Waals surface area contributed by atoms with Gasteiger partial charge < -0.3 is 19.7 Å². The molecule has 0 aliphatic carbocycles. The number of anilines is 1. The van der Waals surface area contributed by atoms with Gasteiger partial charge in [0.05, 0.1) is 28.4 Å². The number of ketones is 1. The predicted molar refractivity (Wildman–Crippen MR) is 144 cm³/mol. The monoisotopic (exact) mass is 546 g/mol. The van der Waals surface area contributed by atoms with E-state index in [0.29, 0.717) is 33.5 Å². The van der Waals surface area contributed by atoms with E-state index in [1.165, 1.54) is 35.2 Å². The Balaban J connectivity index is 1.55. The Morgan fingerprint density at radius 3 is 2.79 bits per heavy atom. The predicted octanol–water partition coefficient (Wildman–Crippen LogP) is 5.49. The summed E-state index contributed by atoms with van der Waals surface area (Å²) in [6.45, 7) is 3.98. The maximum Gasteiger partial charge on any atom is 0.301 e. The highest BCUT2D eigenvalue weighted by Crippen LogP contribution is 2.46. The summed E-state index contributed by atoms with van der Waals surface area (Å²) >= 11 is 1.06. The fourth-order valence-electron chi connectivity index (χ4n) is 5.03. The number of aromatic nitrogens is 1. The van der Waals surface area contributed by atoms with E-state index in [-0.39, 0.29) is 40.7 Å². The number of amides is 1. The molecule has 0 bridgehead atoms. The van der Waals surface area contributed by atoms with Crippen LogP contribution in [0.2, 0.25) is 0 Å². The number of fused-ring (bicyclic) bond motifs is 2. The molecule has 3 aromatic carbocycles. The second-order valence-corrected chi connectivity index (χ2v) is 10.4. The fourth-order valence-corrected chi connectivity index (χ4v) is 6.05. The van der Waals surface area contributed by atoms with Crippen molar-refractivity contribution in [3.63, 3.8) is 0 Å². The van der Waals surface area contributed by atoms with Crippen LogP contribution in [0.15, 0.2) is 60.2 Å². The van der Waals surface area contributed by atoms with Crippen molar-refractivity contribution in [2.45, 2.75) is 32.4 Å². The van der Waals surface area contributed by atoms with E-state index >= 15 is 0 Å². The molecule has 0 saturated carbocycles. The minimum Gasteiger partial charge on any atom is -0.507 e. The van der Waals surface area contributed by atoms with Gasteiger partial charge in [-0.05, 0) is 73.5 Å². The number of aromatic hydroxyl groups is 1. The van der Waals surface area contributed by atoms with E-state index in [1.54, 1.807) is 31.2 Å². The van der Waals surface area contributed by atoms with Crippen LogP contribution in [0.25, 0.3) is 16.0 Å². The summed E-state index contributed by atoms with van der Waals surface area (Å²) in [7, 11) is 0. The summed E-state index contributed by atoms with van der Waals surface area (Å²) in [5.41, 5.74) is 2.00. The summed E-state index contributed by atoms with van der Waals surface area (Å²) < 4.78 is 25.7. The van der Waals surface area contributed by atoms with E-state index in [9.17, 15) is 24.2 Å². The molecule has 1 aromatic heterocycles. The van der Waals surface area contributed by atoms with Gasteiger partial charge in [0.2, 0.25) is 0 Å². The molecule has 10 heteroatoms. The first-order valence-electron chi connectivity index (χ1n) is 12.4. The number of halogens is 1. The van der Waals surface area contributed by atoms with Crippen molar-refractivity contribution in [3.05, 3.63) is 82.7 Å². The van der Waals surface area contributed by atoms with Crippen LogP contribution < -0.4 is 14.4 Å². The van der Waals surface area contributed by atoms with Crippen LogP contribution in [-0.4, -0.2) is 39.6 Å². The van der Waals surface area contributed by atoms with E-state index < -0.39 is 23.5 Å². The fraction of sp³-hybridized carbons (Fsp3) is 0.207. The summed E-state index contributed by atoms with van der Waals surface area (Å²) in [5.74, 6) is -1.81. The maximum atomic E-state index is 13.9. The first kappa shape index (κ1) is 24.9. The third-order valence-electron chi connectivity index (χ3n) is 6.76. The van der Waals surface area contributed by atoms with Crippen molar-refractivity contribution < 1.29 is 33.7 Å².